The van der Waals surface area contributed by atoms with E-state index in [1.54, 1.807) is 7.11 Å². The van der Waals surface area contributed by atoms with Crippen LogP contribution >= 0.6 is 28.3 Å². The van der Waals surface area contributed by atoms with Crippen molar-refractivity contribution in [2.45, 2.75) is 19.5 Å². The Balaban J connectivity index is 0.00000225. The van der Waals surface area contributed by atoms with E-state index in [4.69, 9.17) is 9.72 Å². The van der Waals surface area contributed by atoms with Gasteiger partial charge in [0, 0.05) is 42.3 Å². The number of aromatic nitrogens is 2. The third-order valence-electron chi connectivity index (χ3n) is 4.69. The maximum absolute atomic E-state index is 5.38. The summed E-state index contributed by atoms with van der Waals surface area (Å²) in [4.78, 5) is 11.7. The molecular formula is C21H22BrClN4O. The van der Waals surface area contributed by atoms with Crippen LogP contribution < -0.4 is 10.1 Å². The number of halogens is 2. The number of ether oxygens (including phenoxy) is 1. The smallest absolute Gasteiger partial charge is 0.227 e. The second-order valence-electron chi connectivity index (χ2n) is 6.58. The lowest BCUT2D eigenvalue weighted by atomic mass is 10.1. The molecular weight excluding hydrogens is 440 g/mol. The van der Waals surface area contributed by atoms with E-state index < -0.39 is 0 Å². The monoisotopic (exact) mass is 460 g/mol. The van der Waals surface area contributed by atoms with Gasteiger partial charge in [0.15, 0.2) is 0 Å². The molecule has 0 bridgehead atoms. The van der Waals surface area contributed by atoms with Crippen molar-refractivity contribution in [1.82, 2.24) is 14.9 Å². The van der Waals surface area contributed by atoms with Crippen LogP contribution in [0.3, 0.4) is 0 Å². The van der Waals surface area contributed by atoms with Crippen molar-refractivity contribution in [3.8, 4) is 5.75 Å². The summed E-state index contributed by atoms with van der Waals surface area (Å²) in [5.74, 6) is 1.39. The average molecular weight is 462 g/mol. The zero-order chi connectivity index (χ0) is 18.6. The van der Waals surface area contributed by atoms with Gasteiger partial charge in [-0.05, 0) is 29.8 Å². The maximum Gasteiger partial charge on any atom is 0.227 e. The number of benzene rings is 2. The van der Waals surface area contributed by atoms with E-state index in [0.29, 0.717) is 5.95 Å². The summed E-state index contributed by atoms with van der Waals surface area (Å²) in [7, 11) is 1.66. The predicted octanol–water partition coefficient (Wildman–Crippen LogP) is 4.97. The van der Waals surface area contributed by atoms with Crippen molar-refractivity contribution in [3.63, 3.8) is 0 Å². The predicted molar refractivity (Wildman–Crippen MR) is 118 cm³/mol. The zero-order valence-electron chi connectivity index (χ0n) is 15.6. The number of para-hydroxylation sites is 2. The molecule has 0 saturated carbocycles. The number of nitrogens with one attached hydrogen (secondary N) is 1. The van der Waals surface area contributed by atoms with Gasteiger partial charge in [0.1, 0.15) is 5.75 Å². The number of methoxy groups -OCH3 is 1. The molecule has 4 rings (SSSR count). The van der Waals surface area contributed by atoms with Gasteiger partial charge in [-0.2, -0.15) is 0 Å². The lowest BCUT2D eigenvalue weighted by Gasteiger charge is -2.28. The van der Waals surface area contributed by atoms with E-state index >= 15 is 0 Å². The van der Waals surface area contributed by atoms with Crippen molar-refractivity contribution < 1.29 is 4.74 Å². The first-order chi connectivity index (χ1) is 13.2. The highest BCUT2D eigenvalue weighted by molar-refractivity contribution is 9.10. The molecule has 0 spiro atoms. The molecule has 1 aliphatic rings. The van der Waals surface area contributed by atoms with Gasteiger partial charge in [-0.3, -0.25) is 4.90 Å². The fourth-order valence-corrected chi connectivity index (χ4v) is 3.55. The van der Waals surface area contributed by atoms with Crippen LogP contribution in [-0.4, -0.2) is 28.5 Å². The first-order valence-electron chi connectivity index (χ1n) is 8.93. The minimum Gasteiger partial charge on any atom is -0.495 e. The number of nitrogens with zero attached hydrogens (tertiary/aromatic N) is 3. The van der Waals surface area contributed by atoms with Crippen LogP contribution in [0.2, 0.25) is 0 Å². The molecule has 2 aromatic carbocycles. The van der Waals surface area contributed by atoms with Gasteiger partial charge >= 0.3 is 0 Å². The van der Waals surface area contributed by atoms with E-state index in [0.717, 1.165) is 47.7 Å². The molecule has 1 N–H and O–H groups in total. The lowest BCUT2D eigenvalue weighted by molar-refractivity contribution is 0.243. The molecule has 0 amide bonds. The number of hydrogen-bond acceptors (Lipinski definition) is 5. The van der Waals surface area contributed by atoms with Crippen molar-refractivity contribution in [2.24, 2.45) is 0 Å². The number of anilines is 2. The van der Waals surface area contributed by atoms with Gasteiger partial charge in [0.25, 0.3) is 0 Å². The van der Waals surface area contributed by atoms with Crippen LogP contribution in [0.1, 0.15) is 16.8 Å². The molecule has 1 aromatic heterocycles. The minimum absolute atomic E-state index is 0. The fraction of sp³-hybridized carbons (Fsp3) is 0.238. The molecule has 1 aliphatic heterocycles. The number of rotatable bonds is 5. The number of hydrogen-bond donors (Lipinski definition) is 1. The Labute approximate surface area is 179 Å². The van der Waals surface area contributed by atoms with Gasteiger partial charge in [-0.25, -0.2) is 9.97 Å². The van der Waals surface area contributed by atoms with Crippen molar-refractivity contribution >= 4 is 40.0 Å². The van der Waals surface area contributed by atoms with Gasteiger partial charge in [0.05, 0.1) is 18.5 Å². The van der Waals surface area contributed by atoms with E-state index in [9.17, 15) is 0 Å². The Kier molecular flexibility index (Phi) is 6.88. The van der Waals surface area contributed by atoms with Crippen LogP contribution in [0.25, 0.3) is 0 Å². The normalized spacial score (nSPS) is 13.4. The molecule has 3 aromatic rings. The quantitative estimate of drug-likeness (QED) is 0.581. The van der Waals surface area contributed by atoms with E-state index in [-0.39, 0.29) is 12.4 Å². The third-order valence-corrected chi connectivity index (χ3v) is 5.21. The second kappa shape index (κ2) is 9.37. The molecule has 0 aliphatic carbocycles. The largest absolute Gasteiger partial charge is 0.495 e. The Hall–Kier alpha value is -2.15. The van der Waals surface area contributed by atoms with Crippen LogP contribution in [0.15, 0.2) is 59.2 Å². The summed E-state index contributed by atoms with van der Waals surface area (Å²) in [5.41, 5.74) is 4.50. The average Bonchev–Trinajstić information content (AvgIpc) is 2.70. The first-order valence-corrected chi connectivity index (χ1v) is 9.72. The Morgan fingerprint density at radius 1 is 1.14 bits per heavy atom. The molecule has 0 radical (unpaired) electrons. The van der Waals surface area contributed by atoms with Crippen LogP contribution in [0.4, 0.5) is 11.6 Å². The molecule has 2 heterocycles. The third kappa shape index (κ3) is 4.82. The Bertz CT molecular complexity index is 936. The van der Waals surface area contributed by atoms with Gasteiger partial charge in [-0.15, -0.1) is 12.4 Å². The highest BCUT2D eigenvalue weighted by Gasteiger charge is 2.19. The number of fused-ring (bicyclic) bond motifs is 1. The Morgan fingerprint density at radius 2 is 1.93 bits per heavy atom. The van der Waals surface area contributed by atoms with Gasteiger partial charge < -0.3 is 10.1 Å². The van der Waals surface area contributed by atoms with Crippen LogP contribution in [-0.2, 0) is 19.5 Å². The summed E-state index contributed by atoms with van der Waals surface area (Å²) in [6.07, 6.45) is 2.86. The summed E-state index contributed by atoms with van der Waals surface area (Å²) in [5, 5.41) is 3.26. The molecule has 28 heavy (non-hydrogen) atoms. The maximum atomic E-state index is 5.38. The van der Waals surface area contributed by atoms with Crippen molar-refractivity contribution in [2.75, 3.05) is 19.0 Å². The molecule has 0 atom stereocenters. The van der Waals surface area contributed by atoms with E-state index in [2.05, 4.69) is 55.4 Å². The standard InChI is InChI=1S/C21H21BrN4O.ClH/c1-27-20-5-3-2-4-19(20)25-21-23-12-16-14-26(11-10-18(16)24-21)13-15-6-8-17(22)9-7-15;/h2-9,12H,10-11,13-14H2,1H3,(H,23,24,25);1H. The summed E-state index contributed by atoms with van der Waals surface area (Å²) >= 11 is 3.49. The van der Waals surface area contributed by atoms with Crippen LogP contribution in [0, 0.1) is 0 Å². The van der Waals surface area contributed by atoms with Crippen molar-refractivity contribution in [1.29, 1.82) is 0 Å². The molecule has 7 heteroatoms. The summed E-state index contributed by atoms with van der Waals surface area (Å²) in [6, 6.07) is 16.3. The first kappa shape index (κ1) is 20.6. The molecule has 0 unspecified atom stereocenters. The van der Waals surface area contributed by atoms with Crippen molar-refractivity contribution in [3.05, 3.63) is 76.0 Å². The SMILES string of the molecule is COc1ccccc1Nc1ncc2c(n1)CCN(Cc1ccc(Br)cc1)C2.Cl. The second-order valence-corrected chi connectivity index (χ2v) is 7.49. The zero-order valence-corrected chi connectivity index (χ0v) is 18.0. The highest BCUT2D eigenvalue weighted by atomic mass is 79.9. The van der Waals surface area contributed by atoms with E-state index in [1.165, 1.54) is 11.1 Å². The summed E-state index contributed by atoms with van der Waals surface area (Å²) < 4.78 is 6.49. The summed E-state index contributed by atoms with van der Waals surface area (Å²) in [6.45, 7) is 2.81. The highest BCUT2D eigenvalue weighted by Crippen LogP contribution is 2.27. The Morgan fingerprint density at radius 3 is 2.71 bits per heavy atom. The topological polar surface area (TPSA) is 50.3 Å². The molecule has 5 nitrogen and oxygen atoms in total. The molecule has 0 fully saturated rings. The van der Waals surface area contributed by atoms with E-state index in [1.807, 2.05) is 30.5 Å². The fourth-order valence-electron chi connectivity index (χ4n) is 3.29. The molecule has 146 valence electrons. The lowest BCUT2D eigenvalue weighted by Crippen LogP contribution is -2.31. The van der Waals surface area contributed by atoms with Gasteiger partial charge in [-0.1, -0.05) is 40.2 Å². The molecule has 0 saturated heterocycles. The minimum atomic E-state index is 0. The van der Waals surface area contributed by atoms with Crippen LogP contribution in [0.5, 0.6) is 5.75 Å². The van der Waals surface area contributed by atoms with Gasteiger partial charge in [0.2, 0.25) is 5.95 Å².